The first-order valence-corrected chi connectivity index (χ1v) is 12.0. The Hall–Kier alpha value is -2.72. The molecule has 2 bridgehead atoms. The van der Waals surface area contributed by atoms with Gasteiger partial charge in [0.15, 0.2) is 0 Å². The summed E-state index contributed by atoms with van der Waals surface area (Å²) in [6.45, 7) is 6.45. The predicted octanol–water partition coefficient (Wildman–Crippen LogP) is 5.74. The maximum Gasteiger partial charge on any atom is 0.313 e. The predicted molar refractivity (Wildman–Crippen MR) is 127 cm³/mol. The highest BCUT2D eigenvalue weighted by molar-refractivity contribution is 5.83. The van der Waals surface area contributed by atoms with Crippen molar-refractivity contribution in [1.29, 1.82) is 0 Å². The number of hydrogen-bond donors (Lipinski definition) is 0. The molecule has 2 aromatic carbocycles. The van der Waals surface area contributed by atoms with Gasteiger partial charge in [-0.25, -0.2) is 0 Å². The number of benzene rings is 2. The minimum atomic E-state index is -0.300. The van der Waals surface area contributed by atoms with Gasteiger partial charge in [-0.3, -0.25) is 14.7 Å². The molecule has 3 aromatic rings. The lowest BCUT2D eigenvalue weighted by Crippen LogP contribution is -2.55. The molecule has 0 N–H and O–H groups in total. The van der Waals surface area contributed by atoms with Gasteiger partial charge in [0.2, 0.25) is 0 Å². The van der Waals surface area contributed by atoms with Gasteiger partial charge in [-0.1, -0.05) is 61.9 Å². The molecule has 0 amide bonds. The Bertz CT molecular complexity index is 1080. The van der Waals surface area contributed by atoms with E-state index >= 15 is 0 Å². The third-order valence-corrected chi connectivity index (χ3v) is 7.70. The molecule has 32 heavy (non-hydrogen) atoms. The van der Waals surface area contributed by atoms with Gasteiger partial charge in [-0.05, 0) is 55.8 Å². The average Bonchev–Trinajstić information content (AvgIpc) is 2.87. The monoisotopic (exact) mass is 428 g/mol. The Morgan fingerprint density at radius 2 is 1.91 bits per heavy atom. The number of para-hydroxylation sites is 1. The summed E-state index contributed by atoms with van der Waals surface area (Å²) in [5, 5.41) is 1.08. The number of nitrogens with zero attached hydrogens (tertiary/aromatic N) is 2. The second-order valence-corrected chi connectivity index (χ2v) is 9.42. The van der Waals surface area contributed by atoms with E-state index in [9.17, 15) is 4.79 Å². The fourth-order valence-electron chi connectivity index (χ4n) is 5.78. The summed E-state index contributed by atoms with van der Waals surface area (Å²) in [6, 6.07) is 20.4. The topological polar surface area (TPSA) is 42.4 Å². The highest BCUT2D eigenvalue weighted by Crippen LogP contribution is 2.44. The quantitative estimate of drug-likeness (QED) is 0.469. The molecule has 0 saturated carbocycles. The highest BCUT2D eigenvalue weighted by Gasteiger charge is 2.44. The zero-order chi connectivity index (χ0) is 22.1. The van der Waals surface area contributed by atoms with Gasteiger partial charge in [-0.2, -0.15) is 0 Å². The van der Waals surface area contributed by atoms with Crippen molar-refractivity contribution in [2.75, 3.05) is 13.1 Å². The molecule has 166 valence electrons. The Kier molecular flexibility index (Phi) is 5.97. The maximum atomic E-state index is 13.4. The van der Waals surface area contributed by atoms with Crippen molar-refractivity contribution in [2.24, 2.45) is 11.8 Å². The van der Waals surface area contributed by atoms with E-state index in [0.29, 0.717) is 0 Å². The number of esters is 1. The molecule has 3 saturated heterocycles. The molecule has 3 aliphatic heterocycles. The third-order valence-electron chi connectivity index (χ3n) is 7.70. The van der Waals surface area contributed by atoms with Crippen LogP contribution >= 0.6 is 0 Å². The molecule has 4 heteroatoms. The number of ether oxygens (including phenoxy) is 1. The lowest BCUT2D eigenvalue weighted by molar-refractivity contribution is -0.159. The molecule has 0 aliphatic carbocycles. The molecular weight excluding hydrogens is 396 g/mol. The smallest absolute Gasteiger partial charge is 0.313 e. The number of fused-ring (bicyclic) bond motifs is 4. The van der Waals surface area contributed by atoms with Crippen molar-refractivity contribution < 1.29 is 9.53 Å². The van der Waals surface area contributed by atoms with E-state index in [1.165, 1.54) is 12.8 Å². The molecule has 3 fully saturated rings. The number of carbonyl (C=O) groups is 1. The summed E-state index contributed by atoms with van der Waals surface area (Å²) in [5.74, 6) is 1.02. The molecule has 6 unspecified atom stereocenters. The van der Waals surface area contributed by atoms with Crippen molar-refractivity contribution in [3.05, 3.63) is 78.0 Å². The molecular formula is C28H32N2O2. The molecule has 6 atom stereocenters. The second-order valence-electron chi connectivity index (χ2n) is 9.42. The van der Waals surface area contributed by atoms with E-state index in [1.807, 2.05) is 67.7 Å². The summed E-state index contributed by atoms with van der Waals surface area (Å²) in [4.78, 5) is 20.5. The van der Waals surface area contributed by atoms with E-state index in [1.54, 1.807) is 0 Å². The Morgan fingerprint density at radius 3 is 2.66 bits per heavy atom. The number of hydrogen-bond acceptors (Lipinski definition) is 4. The van der Waals surface area contributed by atoms with Crippen molar-refractivity contribution in [3.63, 3.8) is 0 Å². The van der Waals surface area contributed by atoms with Crippen LogP contribution in [-0.2, 0) is 9.53 Å². The van der Waals surface area contributed by atoms with Crippen LogP contribution in [0.25, 0.3) is 10.9 Å². The first kappa shape index (κ1) is 21.1. The SMILES string of the molecule is CCC1CN2CCC1CC2C(OC(=O)C(C)c1ccccc1)c1ccnc2ccccc12. The summed E-state index contributed by atoms with van der Waals surface area (Å²) in [7, 11) is 0. The lowest BCUT2D eigenvalue weighted by atomic mass is 9.72. The van der Waals surface area contributed by atoms with Gasteiger partial charge in [0.1, 0.15) is 6.10 Å². The van der Waals surface area contributed by atoms with Gasteiger partial charge < -0.3 is 4.74 Å². The standard InChI is InChI=1S/C28H32N2O2/c1-3-20-18-30-16-14-22(20)17-26(30)27(24-13-15-29-25-12-8-7-11-23(24)25)32-28(31)19(2)21-9-5-4-6-10-21/h4-13,15,19-20,22,26-27H,3,14,16-18H2,1-2H3. The molecule has 1 aromatic heterocycles. The van der Waals surface area contributed by atoms with E-state index in [-0.39, 0.29) is 24.0 Å². The highest BCUT2D eigenvalue weighted by atomic mass is 16.5. The first-order valence-electron chi connectivity index (χ1n) is 12.0. The van der Waals surface area contributed by atoms with Crippen LogP contribution < -0.4 is 0 Å². The summed E-state index contributed by atoms with van der Waals surface area (Å²) in [6.07, 6.45) is 5.13. The van der Waals surface area contributed by atoms with Gasteiger partial charge in [-0.15, -0.1) is 0 Å². The summed E-state index contributed by atoms with van der Waals surface area (Å²) >= 11 is 0. The van der Waals surface area contributed by atoms with Crippen LogP contribution in [0.15, 0.2) is 66.9 Å². The van der Waals surface area contributed by atoms with Crippen LogP contribution in [0.1, 0.15) is 56.3 Å². The zero-order valence-electron chi connectivity index (χ0n) is 19.0. The number of rotatable bonds is 6. The van der Waals surface area contributed by atoms with E-state index in [4.69, 9.17) is 4.74 Å². The largest absolute Gasteiger partial charge is 0.455 e. The van der Waals surface area contributed by atoms with Crippen molar-refractivity contribution in [2.45, 2.75) is 51.2 Å². The van der Waals surface area contributed by atoms with Crippen LogP contribution in [0.2, 0.25) is 0 Å². The normalized spacial score (nSPS) is 26.6. The van der Waals surface area contributed by atoms with Crippen molar-refractivity contribution >= 4 is 16.9 Å². The Morgan fingerprint density at radius 1 is 1.12 bits per heavy atom. The summed E-state index contributed by atoms with van der Waals surface area (Å²) in [5.41, 5.74) is 3.02. The minimum Gasteiger partial charge on any atom is -0.455 e. The Labute approximate surface area is 190 Å². The van der Waals surface area contributed by atoms with Crippen LogP contribution in [0, 0.1) is 11.8 Å². The van der Waals surface area contributed by atoms with Crippen molar-refractivity contribution in [3.8, 4) is 0 Å². The van der Waals surface area contributed by atoms with Crippen molar-refractivity contribution in [1.82, 2.24) is 9.88 Å². The van der Waals surface area contributed by atoms with Crippen LogP contribution in [0.3, 0.4) is 0 Å². The number of aromatic nitrogens is 1. The van der Waals surface area contributed by atoms with Gasteiger partial charge in [0.25, 0.3) is 0 Å². The molecule has 6 rings (SSSR count). The Balaban J connectivity index is 1.50. The van der Waals surface area contributed by atoms with E-state index < -0.39 is 0 Å². The van der Waals surface area contributed by atoms with E-state index in [2.05, 4.69) is 22.9 Å². The molecule has 4 nitrogen and oxygen atoms in total. The second kappa shape index (κ2) is 9.03. The lowest BCUT2D eigenvalue weighted by Gasteiger charge is -2.51. The van der Waals surface area contributed by atoms with Gasteiger partial charge in [0, 0.05) is 23.7 Å². The molecule has 0 spiro atoms. The van der Waals surface area contributed by atoms with Gasteiger partial charge >= 0.3 is 5.97 Å². The zero-order valence-corrected chi connectivity index (χ0v) is 19.0. The average molecular weight is 429 g/mol. The minimum absolute atomic E-state index is 0.156. The van der Waals surface area contributed by atoms with Crippen LogP contribution in [0.5, 0.6) is 0 Å². The molecule has 3 aliphatic rings. The maximum absolute atomic E-state index is 13.4. The van der Waals surface area contributed by atoms with Gasteiger partial charge in [0.05, 0.1) is 17.5 Å². The van der Waals surface area contributed by atoms with Crippen LogP contribution in [-0.4, -0.2) is 35.0 Å². The van der Waals surface area contributed by atoms with E-state index in [0.717, 1.165) is 53.4 Å². The fourth-order valence-corrected chi connectivity index (χ4v) is 5.78. The third kappa shape index (κ3) is 3.93. The first-order chi connectivity index (χ1) is 15.7. The molecule has 0 radical (unpaired) electrons. The summed E-state index contributed by atoms with van der Waals surface area (Å²) < 4.78 is 6.41. The number of piperidine rings is 3. The number of carbonyl (C=O) groups excluding carboxylic acids is 1. The fraction of sp³-hybridized carbons (Fsp3) is 0.429. The number of pyridine rings is 1. The van der Waals surface area contributed by atoms with Crippen LogP contribution in [0.4, 0.5) is 0 Å². The molecule has 4 heterocycles.